The van der Waals surface area contributed by atoms with Crippen molar-refractivity contribution in [1.82, 2.24) is 14.5 Å². The summed E-state index contributed by atoms with van der Waals surface area (Å²) in [6, 6.07) is 9.55. The standard InChI is InChI=1S/C22H23N5O2/c1-14-4-6-19(10-15(14)2)27-13-17(11-21(27)28)22(29)25-18-5-7-20(24-12-18)26-9-8-23-16(26)3/h4-10,12,17H,11,13H2,1-3H3,(H,25,29). The Balaban J connectivity index is 1.43. The third-order valence-corrected chi connectivity index (χ3v) is 5.39. The number of hydrogen-bond acceptors (Lipinski definition) is 4. The van der Waals surface area contributed by atoms with Gasteiger partial charge < -0.3 is 10.2 Å². The van der Waals surface area contributed by atoms with Crippen LogP contribution in [0.25, 0.3) is 5.82 Å². The Hall–Kier alpha value is -3.48. The first-order valence-corrected chi connectivity index (χ1v) is 9.57. The molecular weight excluding hydrogens is 366 g/mol. The molecule has 3 heterocycles. The SMILES string of the molecule is Cc1ccc(N2CC(C(=O)Nc3ccc(-n4ccnc4C)nc3)CC2=O)cc1C. The minimum Gasteiger partial charge on any atom is -0.324 e. The van der Waals surface area contributed by atoms with Gasteiger partial charge in [-0.05, 0) is 56.2 Å². The van der Waals surface area contributed by atoms with E-state index in [4.69, 9.17) is 0 Å². The van der Waals surface area contributed by atoms with Crippen LogP contribution < -0.4 is 10.2 Å². The van der Waals surface area contributed by atoms with Gasteiger partial charge >= 0.3 is 0 Å². The van der Waals surface area contributed by atoms with Crippen LogP contribution in [0.4, 0.5) is 11.4 Å². The normalized spacial score (nSPS) is 16.3. The van der Waals surface area contributed by atoms with Crippen molar-refractivity contribution in [2.45, 2.75) is 27.2 Å². The molecule has 0 saturated carbocycles. The van der Waals surface area contributed by atoms with Gasteiger partial charge in [-0.25, -0.2) is 9.97 Å². The highest BCUT2D eigenvalue weighted by molar-refractivity contribution is 6.03. The monoisotopic (exact) mass is 389 g/mol. The van der Waals surface area contributed by atoms with Crippen molar-refractivity contribution in [2.75, 3.05) is 16.8 Å². The minimum atomic E-state index is -0.389. The average molecular weight is 389 g/mol. The lowest BCUT2D eigenvalue weighted by molar-refractivity contribution is -0.122. The second-order valence-corrected chi connectivity index (χ2v) is 7.41. The van der Waals surface area contributed by atoms with E-state index in [1.165, 1.54) is 5.56 Å². The first-order valence-electron chi connectivity index (χ1n) is 9.57. The van der Waals surface area contributed by atoms with E-state index in [-0.39, 0.29) is 24.2 Å². The third kappa shape index (κ3) is 3.76. The summed E-state index contributed by atoms with van der Waals surface area (Å²) in [5.41, 5.74) is 3.75. The summed E-state index contributed by atoms with van der Waals surface area (Å²) < 4.78 is 1.86. The molecule has 2 amide bonds. The lowest BCUT2D eigenvalue weighted by Gasteiger charge is -2.18. The number of pyridine rings is 1. The Labute approximate surface area is 169 Å². The van der Waals surface area contributed by atoms with Crippen LogP contribution in [0.15, 0.2) is 48.9 Å². The Morgan fingerprint density at radius 1 is 1.10 bits per heavy atom. The highest BCUT2D eigenvalue weighted by atomic mass is 16.2. The molecular formula is C22H23N5O2. The summed E-state index contributed by atoms with van der Waals surface area (Å²) in [5, 5.41) is 2.88. The van der Waals surface area contributed by atoms with Crippen molar-refractivity contribution >= 4 is 23.2 Å². The topological polar surface area (TPSA) is 80.1 Å². The van der Waals surface area contributed by atoms with Gasteiger partial charge in [0.25, 0.3) is 0 Å². The van der Waals surface area contributed by atoms with E-state index in [2.05, 4.69) is 15.3 Å². The molecule has 0 aliphatic carbocycles. The molecule has 1 aliphatic rings. The van der Waals surface area contributed by atoms with Crippen molar-refractivity contribution in [3.05, 3.63) is 65.9 Å². The maximum Gasteiger partial charge on any atom is 0.229 e. The maximum absolute atomic E-state index is 12.7. The van der Waals surface area contributed by atoms with Crippen LogP contribution in [0, 0.1) is 26.7 Å². The number of aromatic nitrogens is 3. The van der Waals surface area contributed by atoms with Crippen molar-refractivity contribution in [1.29, 1.82) is 0 Å². The Bertz CT molecular complexity index is 1070. The number of imidazole rings is 1. The molecule has 0 bridgehead atoms. The molecule has 7 nitrogen and oxygen atoms in total. The Morgan fingerprint density at radius 3 is 2.59 bits per heavy atom. The summed E-state index contributed by atoms with van der Waals surface area (Å²) in [4.78, 5) is 35.4. The van der Waals surface area contributed by atoms with E-state index in [1.807, 2.05) is 55.8 Å². The van der Waals surface area contributed by atoms with Crippen LogP contribution in [-0.4, -0.2) is 32.9 Å². The fraction of sp³-hybridized carbons (Fsp3) is 0.273. The lowest BCUT2D eigenvalue weighted by Crippen LogP contribution is -2.28. The number of carbonyl (C=O) groups is 2. The zero-order valence-electron chi connectivity index (χ0n) is 16.7. The van der Waals surface area contributed by atoms with Crippen LogP contribution in [0.5, 0.6) is 0 Å². The molecule has 1 aromatic carbocycles. The number of hydrogen-bond donors (Lipinski definition) is 1. The number of amides is 2. The van der Waals surface area contributed by atoms with Gasteiger partial charge in [-0.2, -0.15) is 0 Å². The van der Waals surface area contributed by atoms with Gasteiger partial charge in [0.15, 0.2) is 0 Å². The molecule has 0 radical (unpaired) electrons. The second-order valence-electron chi connectivity index (χ2n) is 7.41. The van der Waals surface area contributed by atoms with Crippen LogP contribution in [0.3, 0.4) is 0 Å². The molecule has 148 valence electrons. The first kappa shape index (κ1) is 18.9. The summed E-state index contributed by atoms with van der Waals surface area (Å²) in [6.07, 6.45) is 5.37. The van der Waals surface area contributed by atoms with Gasteiger partial charge in [0.05, 0.1) is 17.8 Å². The first-order chi connectivity index (χ1) is 13.9. The van der Waals surface area contributed by atoms with Crippen molar-refractivity contribution in [3.63, 3.8) is 0 Å². The van der Waals surface area contributed by atoms with E-state index in [0.717, 1.165) is 22.9 Å². The fourth-order valence-electron chi connectivity index (χ4n) is 3.49. The molecule has 0 spiro atoms. The van der Waals surface area contributed by atoms with E-state index in [0.29, 0.717) is 12.2 Å². The quantitative estimate of drug-likeness (QED) is 0.743. The molecule has 1 N–H and O–H groups in total. The van der Waals surface area contributed by atoms with E-state index in [1.54, 1.807) is 23.4 Å². The number of carbonyl (C=O) groups excluding carboxylic acids is 2. The number of nitrogens with one attached hydrogen (secondary N) is 1. The van der Waals surface area contributed by atoms with E-state index < -0.39 is 0 Å². The number of aryl methyl sites for hydroxylation is 3. The summed E-state index contributed by atoms with van der Waals surface area (Å²) >= 11 is 0. The molecule has 7 heteroatoms. The molecule has 4 rings (SSSR count). The van der Waals surface area contributed by atoms with Crippen LogP contribution in [0.1, 0.15) is 23.4 Å². The lowest BCUT2D eigenvalue weighted by atomic mass is 10.1. The van der Waals surface area contributed by atoms with Gasteiger partial charge in [0, 0.05) is 31.0 Å². The van der Waals surface area contributed by atoms with Gasteiger partial charge in [-0.1, -0.05) is 6.07 Å². The Kier molecular flexibility index (Phi) is 4.88. The van der Waals surface area contributed by atoms with Crippen LogP contribution in [0.2, 0.25) is 0 Å². The zero-order valence-corrected chi connectivity index (χ0v) is 16.7. The number of nitrogens with zero attached hydrogens (tertiary/aromatic N) is 4. The number of benzene rings is 1. The molecule has 1 fully saturated rings. The fourth-order valence-corrected chi connectivity index (χ4v) is 3.49. The predicted octanol–water partition coefficient (Wildman–Crippen LogP) is 3.18. The van der Waals surface area contributed by atoms with E-state index in [9.17, 15) is 9.59 Å². The molecule has 29 heavy (non-hydrogen) atoms. The summed E-state index contributed by atoms with van der Waals surface area (Å²) in [6.45, 7) is 6.34. The smallest absolute Gasteiger partial charge is 0.229 e. The van der Waals surface area contributed by atoms with Gasteiger partial charge in [0.2, 0.25) is 11.8 Å². The van der Waals surface area contributed by atoms with E-state index >= 15 is 0 Å². The molecule has 3 aromatic rings. The molecule has 2 aromatic heterocycles. The minimum absolute atomic E-state index is 0.0301. The molecule has 1 aliphatic heterocycles. The Morgan fingerprint density at radius 2 is 1.93 bits per heavy atom. The maximum atomic E-state index is 12.7. The van der Waals surface area contributed by atoms with Crippen molar-refractivity contribution in [2.24, 2.45) is 5.92 Å². The average Bonchev–Trinajstić information content (AvgIpc) is 3.30. The van der Waals surface area contributed by atoms with Gasteiger partial charge in [-0.15, -0.1) is 0 Å². The van der Waals surface area contributed by atoms with Gasteiger partial charge in [0.1, 0.15) is 11.6 Å². The molecule has 1 unspecified atom stereocenters. The number of rotatable bonds is 4. The third-order valence-electron chi connectivity index (χ3n) is 5.39. The number of anilines is 2. The highest BCUT2D eigenvalue weighted by Gasteiger charge is 2.35. The molecule has 1 saturated heterocycles. The molecule has 1 atom stereocenters. The zero-order chi connectivity index (χ0) is 20.5. The summed E-state index contributed by atoms with van der Waals surface area (Å²) in [7, 11) is 0. The van der Waals surface area contributed by atoms with Gasteiger partial charge in [-0.3, -0.25) is 14.2 Å². The van der Waals surface area contributed by atoms with Crippen molar-refractivity contribution < 1.29 is 9.59 Å². The van der Waals surface area contributed by atoms with Crippen molar-refractivity contribution in [3.8, 4) is 5.82 Å². The second kappa shape index (κ2) is 7.50. The van der Waals surface area contributed by atoms with Crippen LogP contribution >= 0.6 is 0 Å². The summed E-state index contributed by atoms with van der Waals surface area (Å²) in [5.74, 6) is 0.982. The predicted molar refractivity (Wildman–Crippen MR) is 111 cm³/mol. The van der Waals surface area contributed by atoms with Crippen LogP contribution in [-0.2, 0) is 9.59 Å². The highest BCUT2D eigenvalue weighted by Crippen LogP contribution is 2.27. The largest absolute Gasteiger partial charge is 0.324 e.